The molecule has 1 aliphatic rings. The third kappa shape index (κ3) is 2.56. The number of aromatic nitrogens is 1. The molecule has 94 valence electrons. The number of nitrogens with zero attached hydrogens (tertiary/aromatic N) is 3. The fourth-order valence-electron chi connectivity index (χ4n) is 2.36. The summed E-state index contributed by atoms with van der Waals surface area (Å²) in [7, 11) is 3.91. The summed E-state index contributed by atoms with van der Waals surface area (Å²) in [5.74, 6) is -0.331. The topological polar surface area (TPSA) is 39.6 Å². The molecule has 0 saturated carbocycles. The van der Waals surface area contributed by atoms with Crippen molar-refractivity contribution >= 4 is 5.69 Å². The summed E-state index contributed by atoms with van der Waals surface area (Å²) < 4.78 is 13.6. The molecular weight excluding hydrogens is 221 g/mol. The van der Waals surface area contributed by atoms with Crippen molar-refractivity contribution in [2.45, 2.75) is 18.6 Å². The van der Waals surface area contributed by atoms with E-state index in [9.17, 15) is 9.50 Å². The third-order valence-corrected chi connectivity index (χ3v) is 3.30. The highest BCUT2D eigenvalue weighted by atomic mass is 19.1. The molecule has 1 N–H and O–H groups in total. The summed E-state index contributed by atoms with van der Waals surface area (Å²) in [6.45, 7) is 1.21. The first kappa shape index (κ1) is 12.3. The molecule has 1 saturated heterocycles. The highest BCUT2D eigenvalue weighted by Gasteiger charge is 2.29. The smallest absolute Gasteiger partial charge is 0.164 e. The van der Waals surface area contributed by atoms with Crippen LogP contribution >= 0.6 is 0 Å². The predicted molar refractivity (Wildman–Crippen MR) is 64.5 cm³/mol. The van der Waals surface area contributed by atoms with Crippen LogP contribution in [0.1, 0.15) is 6.42 Å². The molecule has 17 heavy (non-hydrogen) atoms. The molecule has 2 heterocycles. The number of rotatable bonds is 2. The van der Waals surface area contributed by atoms with Gasteiger partial charge in [0.2, 0.25) is 0 Å². The first-order valence-electron chi connectivity index (χ1n) is 5.78. The van der Waals surface area contributed by atoms with Crippen LogP contribution in [0.25, 0.3) is 0 Å². The Morgan fingerprint density at radius 2 is 2.29 bits per heavy atom. The predicted octanol–water partition coefficient (Wildman–Crippen LogP) is 0.722. The van der Waals surface area contributed by atoms with Gasteiger partial charge in [-0.25, -0.2) is 4.39 Å². The highest BCUT2D eigenvalue weighted by Crippen LogP contribution is 2.23. The number of hydrogen-bond donors (Lipinski definition) is 1. The number of piperidine rings is 1. The normalized spacial score (nSPS) is 25.4. The van der Waals surface area contributed by atoms with Gasteiger partial charge in [-0.15, -0.1) is 0 Å². The van der Waals surface area contributed by atoms with E-state index < -0.39 is 6.10 Å². The van der Waals surface area contributed by atoms with Crippen molar-refractivity contribution in [1.82, 2.24) is 9.88 Å². The van der Waals surface area contributed by atoms with Gasteiger partial charge in [0, 0.05) is 25.3 Å². The largest absolute Gasteiger partial charge is 0.390 e. The Hall–Kier alpha value is -1.20. The lowest BCUT2D eigenvalue weighted by atomic mass is 10.0. The SMILES string of the molecule is CN(C)[C@H]1CCN(c2ccncc2F)C[C@@H]1O. The molecule has 0 aliphatic carbocycles. The number of pyridine rings is 1. The average Bonchev–Trinajstić information content (AvgIpc) is 2.29. The summed E-state index contributed by atoms with van der Waals surface area (Å²) in [6.07, 6.45) is 3.16. The number of halogens is 1. The van der Waals surface area contributed by atoms with Gasteiger partial charge in [-0.05, 0) is 26.6 Å². The second-order valence-corrected chi connectivity index (χ2v) is 4.66. The molecular formula is C12H18FN3O. The maximum Gasteiger partial charge on any atom is 0.164 e. The van der Waals surface area contributed by atoms with Crippen molar-refractivity contribution in [3.8, 4) is 0 Å². The molecule has 0 spiro atoms. The fraction of sp³-hybridized carbons (Fsp3) is 0.583. The van der Waals surface area contributed by atoms with Gasteiger partial charge in [-0.3, -0.25) is 4.98 Å². The van der Waals surface area contributed by atoms with Crippen LogP contribution in [0.3, 0.4) is 0 Å². The summed E-state index contributed by atoms with van der Waals surface area (Å²) in [5.41, 5.74) is 0.524. The van der Waals surface area contributed by atoms with Crippen molar-refractivity contribution in [3.05, 3.63) is 24.3 Å². The monoisotopic (exact) mass is 239 g/mol. The molecule has 1 aliphatic heterocycles. The number of β-amino-alcohol motifs (C(OH)–C–C–N with tert-alkyl or cyclic N) is 1. The van der Waals surface area contributed by atoms with Crippen LogP contribution in [0.15, 0.2) is 18.5 Å². The summed E-state index contributed by atoms with van der Waals surface area (Å²) in [5, 5.41) is 10.0. The minimum Gasteiger partial charge on any atom is -0.390 e. The van der Waals surface area contributed by atoms with E-state index >= 15 is 0 Å². The van der Waals surface area contributed by atoms with Gasteiger partial charge in [0.15, 0.2) is 5.82 Å². The van der Waals surface area contributed by atoms with E-state index in [1.54, 1.807) is 12.3 Å². The summed E-state index contributed by atoms with van der Waals surface area (Å²) in [4.78, 5) is 7.62. The summed E-state index contributed by atoms with van der Waals surface area (Å²) in [6, 6.07) is 1.80. The van der Waals surface area contributed by atoms with Gasteiger partial charge in [0.25, 0.3) is 0 Å². The van der Waals surface area contributed by atoms with Gasteiger partial charge in [0.05, 0.1) is 18.0 Å². The Morgan fingerprint density at radius 3 is 2.88 bits per heavy atom. The lowest BCUT2D eigenvalue weighted by molar-refractivity contribution is 0.0629. The molecule has 5 heteroatoms. The summed E-state index contributed by atoms with van der Waals surface area (Å²) >= 11 is 0. The maximum atomic E-state index is 13.6. The van der Waals surface area contributed by atoms with Crippen molar-refractivity contribution in [2.24, 2.45) is 0 Å². The molecule has 2 atom stereocenters. The molecule has 0 amide bonds. The van der Waals surface area contributed by atoms with E-state index in [-0.39, 0.29) is 11.9 Å². The maximum absolute atomic E-state index is 13.6. The van der Waals surface area contributed by atoms with E-state index in [1.807, 2.05) is 23.9 Å². The number of anilines is 1. The minimum absolute atomic E-state index is 0.149. The van der Waals surface area contributed by atoms with Crippen molar-refractivity contribution in [1.29, 1.82) is 0 Å². The molecule has 4 nitrogen and oxygen atoms in total. The van der Waals surface area contributed by atoms with E-state index in [2.05, 4.69) is 4.98 Å². The Bertz CT molecular complexity index is 386. The van der Waals surface area contributed by atoms with Crippen LogP contribution in [0.4, 0.5) is 10.1 Å². The minimum atomic E-state index is -0.452. The zero-order valence-corrected chi connectivity index (χ0v) is 10.2. The van der Waals surface area contributed by atoms with Crippen LogP contribution < -0.4 is 4.90 Å². The Labute approximate surface area is 101 Å². The van der Waals surface area contributed by atoms with Crippen LogP contribution in [0, 0.1) is 5.82 Å². The molecule has 1 aromatic heterocycles. The lowest BCUT2D eigenvalue weighted by Crippen LogP contribution is -2.52. The van der Waals surface area contributed by atoms with E-state index in [0.29, 0.717) is 12.2 Å². The number of likely N-dealkylation sites (N-methyl/N-ethyl adjacent to an activating group) is 1. The second kappa shape index (κ2) is 4.98. The Morgan fingerprint density at radius 1 is 1.53 bits per heavy atom. The molecule has 0 bridgehead atoms. The molecule has 1 aromatic rings. The molecule has 2 rings (SSSR count). The first-order chi connectivity index (χ1) is 8.09. The van der Waals surface area contributed by atoms with Crippen molar-refractivity contribution in [3.63, 3.8) is 0 Å². The standard InChI is InChI=1S/C12H18FN3O/c1-15(2)11-4-6-16(8-12(11)17)10-3-5-14-7-9(10)13/h3,5,7,11-12,17H,4,6,8H2,1-2H3/t11-,12-/m0/s1. The van der Waals surface area contributed by atoms with Crippen molar-refractivity contribution in [2.75, 3.05) is 32.1 Å². The molecule has 1 fully saturated rings. The van der Waals surface area contributed by atoms with Gasteiger partial charge in [-0.2, -0.15) is 0 Å². The van der Waals surface area contributed by atoms with E-state index in [4.69, 9.17) is 0 Å². The number of hydrogen-bond acceptors (Lipinski definition) is 4. The number of aliphatic hydroxyl groups is 1. The molecule has 0 aromatic carbocycles. The second-order valence-electron chi connectivity index (χ2n) is 4.66. The van der Waals surface area contributed by atoms with E-state index in [0.717, 1.165) is 13.0 Å². The third-order valence-electron chi connectivity index (χ3n) is 3.30. The quantitative estimate of drug-likeness (QED) is 0.825. The van der Waals surface area contributed by atoms with Crippen molar-refractivity contribution < 1.29 is 9.50 Å². The average molecular weight is 239 g/mol. The van der Waals surface area contributed by atoms with Crippen LogP contribution in [-0.4, -0.2) is 54.3 Å². The van der Waals surface area contributed by atoms with Crippen LogP contribution in [0.5, 0.6) is 0 Å². The first-order valence-corrected chi connectivity index (χ1v) is 5.78. The molecule has 0 radical (unpaired) electrons. The zero-order valence-electron chi connectivity index (χ0n) is 10.2. The Kier molecular flexibility index (Phi) is 3.59. The molecule has 0 unspecified atom stereocenters. The fourth-order valence-corrected chi connectivity index (χ4v) is 2.36. The van der Waals surface area contributed by atoms with E-state index in [1.165, 1.54) is 6.20 Å². The zero-order chi connectivity index (χ0) is 12.4. The van der Waals surface area contributed by atoms with Gasteiger partial charge >= 0.3 is 0 Å². The highest BCUT2D eigenvalue weighted by molar-refractivity contribution is 5.46. The van der Waals surface area contributed by atoms with Crippen LogP contribution in [0.2, 0.25) is 0 Å². The lowest BCUT2D eigenvalue weighted by Gasteiger charge is -2.40. The van der Waals surface area contributed by atoms with Crippen LogP contribution in [-0.2, 0) is 0 Å². The van der Waals surface area contributed by atoms with Gasteiger partial charge < -0.3 is 14.9 Å². The number of aliphatic hydroxyl groups excluding tert-OH is 1. The van der Waals surface area contributed by atoms with Gasteiger partial charge in [0.1, 0.15) is 0 Å². The van der Waals surface area contributed by atoms with Gasteiger partial charge in [-0.1, -0.05) is 0 Å². The Balaban J connectivity index is 2.10.